The summed E-state index contributed by atoms with van der Waals surface area (Å²) < 4.78 is 76.8. The molecule has 3 aromatic carbocycles. The Hall–Kier alpha value is -3.84. The zero-order chi connectivity index (χ0) is 29.2. The molecule has 0 N–H and O–H groups in total. The molecule has 40 heavy (non-hydrogen) atoms. The average Bonchev–Trinajstić information content (AvgIpc) is 2.89. The summed E-state index contributed by atoms with van der Waals surface area (Å²) >= 11 is 0. The van der Waals surface area contributed by atoms with Gasteiger partial charge in [0.05, 0.1) is 12.5 Å². The fourth-order valence-electron chi connectivity index (χ4n) is 3.29. The van der Waals surface area contributed by atoms with E-state index in [1.807, 2.05) is 48.6 Å². The molecule has 12 heteroatoms. The highest BCUT2D eigenvalue weighted by Gasteiger charge is 2.13. The lowest BCUT2D eigenvalue weighted by molar-refractivity contribution is 0.0498. The van der Waals surface area contributed by atoms with Crippen molar-refractivity contribution < 1.29 is 44.1 Å². The monoisotopic (exact) mass is 590 g/mol. The Morgan fingerprint density at radius 3 is 1.18 bits per heavy atom. The van der Waals surface area contributed by atoms with Gasteiger partial charge in [-0.3, -0.25) is 0 Å². The number of hydrogen-bond acceptors (Lipinski definition) is 10. The second-order valence-corrected chi connectivity index (χ2v) is 11.6. The lowest BCUT2D eigenvalue weighted by Gasteiger charge is -2.11. The first-order chi connectivity index (χ1) is 19.0. The van der Waals surface area contributed by atoms with Gasteiger partial charge in [0.1, 0.15) is 0 Å². The van der Waals surface area contributed by atoms with Crippen LogP contribution >= 0.6 is 0 Å². The number of hydrogen-bond donors (Lipinski definition) is 0. The van der Waals surface area contributed by atoms with Crippen LogP contribution in [0.25, 0.3) is 24.3 Å². The molecule has 0 unspecified atom stereocenters. The summed E-state index contributed by atoms with van der Waals surface area (Å²) in [5.74, 6) is 0.619. The SMILES string of the molecule is COCOc1cc(/C=C/c2ccc(/C=C/c3ccc(OS(C)(=O)=O)c(OCOC)c3)cc2)ccc1OS(C)(=O)=O. The molecule has 0 saturated heterocycles. The van der Waals surface area contributed by atoms with Crippen molar-refractivity contribution in [2.45, 2.75) is 0 Å². The molecule has 0 aliphatic carbocycles. The van der Waals surface area contributed by atoms with Gasteiger partial charge >= 0.3 is 20.2 Å². The molecule has 0 bridgehead atoms. The van der Waals surface area contributed by atoms with E-state index in [0.717, 1.165) is 34.8 Å². The van der Waals surface area contributed by atoms with Gasteiger partial charge < -0.3 is 27.3 Å². The molecule has 0 aromatic heterocycles. The van der Waals surface area contributed by atoms with Gasteiger partial charge in [-0.15, -0.1) is 0 Å². The number of methoxy groups -OCH3 is 2. The summed E-state index contributed by atoms with van der Waals surface area (Å²) in [6.07, 6.45) is 9.44. The van der Waals surface area contributed by atoms with Crippen LogP contribution in [0.4, 0.5) is 0 Å². The smallest absolute Gasteiger partial charge is 0.306 e. The third-order valence-electron chi connectivity index (χ3n) is 4.96. The van der Waals surface area contributed by atoms with Crippen LogP contribution in [0.3, 0.4) is 0 Å². The second kappa shape index (κ2) is 14.0. The fourth-order valence-corrected chi connectivity index (χ4v) is 4.22. The third-order valence-corrected chi connectivity index (χ3v) is 5.92. The molecule has 0 heterocycles. The second-order valence-electron chi connectivity index (χ2n) is 8.42. The van der Waals surface area contributed by atoms with E-state index in [9.17, 15) is 16.8 Å². The Kier molecular flexibility index (Phi) is 10.7. The normalized spacial score (nSPS) is 12.1. The first-order valence-corrected chi connectivity index (χ1v) is 15.4. The van der Waals surface area contributed by atoms with Gasteiger partial charge in [-0.2, -0.15) is 16.8 Å². The topological polar surface area (TPSA) is 124 Å². The van der Waals surface area contributed by atoms with Gasteiger partial charge in [0.2, 0.25) is 0 Å². The van der Waals surface area contributed by atoms with Gasteiger partial charge in [-0.1, -0.05) is 60.7 Å². The number of benzene rings is 3. The number of rotatable bonds is 14. The van der Waals surface area contributed by atoms with Gasteiger partial charge in [0.15, 0.2) is 36.6 Å². The number of ether oxygens (including phenoxy) is 4. The van der Waals surface area contributed by atoms with Crippen LogP contribution in [0.15, 0.2) is 60.7 Å². The van der Waals surface area contributed by atoms with E-state index in [1.165, 1.54) is 26.4 Å². The predicted molar refractivity (Wildman–Crippen MR) is 153 cm³/mol. The minimum absolute atomic E-state index is 0.0671. The van der Waals surface area contributed by atoms with Crippen molar-refractivity contribution in [1.82, 2.24) is 0 Å². The third kappa shape index (κ3) is 10.4. The van der Waals surface area contributed by atoms with Gasteiger partial charge in [-0.05, 0) is 46.5 Å². The molecule has 0 aliphatic heterocycles. The quantitative estimate of drug-likeness (QED) is 0.149. The molecule has 0 saturated carbocycles. The lowest BCUT2D eigenvalue weighted by atomic mass is 10.1. The maximum atomic E-state index is 11.5. The van der Waals surface area contributed by atoms with Crippen molar-refractivity contribution >= 4 is 44.5 Å². The molecule has 0 amide bonds. The highest BCUT2D eigenvalue weighted by atomic mass is 32.2. The summed E-state index contributed by atoms with van der Waals surface area (Å²) in [4.78, 5) is 0. The summed E-state index contributed by atoms with van der Waals surface area (Å²) in [5, 5.41) is 0. The van der Waals surface area contributed by atoms with E-state index < -0.39 is 20.2 Å². The van der Waals surface area contributed by atoms with Gasteiger partial charge in [-0.25, -0.2) is 0 Å². The van der Waals surface area contributed by atoms with Crippen molar-refractivity contribution in [3.05, 3.63) is 82.9 Å². The minimum atomic E-state index is -3.72. The molecule has 0 radical (unpaired) electrons. The molecule has 10 nitrogen and oxygen atoms in total. The van der Waals surface area contributed by atoms with Crippen LogP contribution in [0, 0.1) is 0 Å². The van der Waals surface area contributed by atoms with E-state index >= 15 is 0 Å². The van der Waals surface area contributed by atoms with E-state index in [0.29, 0.717) is 0 Å². The Labute approximate surface area is 234 Å². The maximum Gasteiger partial charge on any atom is 0.306 e. The van der Waals surface area contributed by atoms with Crippen LogP contribution in [0.2, 0.25) is 0 Å². The largest absolute Gasteiger partial charge is 0.464 e. The highest BCUT2D eigenvalue weighted by Crippen LogP contribution is 2.31. The molecule has 0 spiro atoms. The summed E-state index contributed by atoms with van der Waals surface area (Å²) in [6.45, 7) is -0.134. The van der Waals surface area contributed by atoms with Crippen molar-refractivity contribution in [1.29, 1.82) is 0 Å². The molecule has 214 valence electrons. The molecule has 3 aromatic rings. The molecular weight excluding hydrogens is 560 g/mol. The predicted octanol–water partition coefficient (Wildman–Crippen LogP) is 4.67. The molecular formula is C28H30O10S2. The molecule has 0 atom stereocenters. The summed E-state index contributed by atoms with van der Waals surface area (Å²) in [6, 6.07) is 17.5. The van der Waals surface area contributed by atoms with Crippen LogP contribution < -0.4 is 17.8 Å². The highest BCUT2D eigenvalue weighted by molar-refractivity contribution is 7.86. The Bertz CT molecular complexity index is 1440. The van der Waals surface area contributed by atoms with E-state index in [2.05, 4.69) is 0 Å². The Morgan fingerprint density at radius 2 is 0.850 bits per heavy atom. The average molecular weight is 591 g/mol. The molecule has 0 aliphatic rings. The van der Waals surface area contributed by atoms with Crippen molar-refractivity contribution in [3.63, 3.8) is 0 Å². The summed E-state index contributed by atoms with van der Waals surface area (Å²) in [5.41, 5.74) is 3.41. The van der Waals surface area contributed by atoms with Crippen molar-refractivity contribution in [2.24, 2.45) is 0 Å². The van der Waals surface area contributed by atoms with Crippen molar-refractivity contribution in [2.75, 3.05) is 40.3 Å². The summed E-state index contributed by atoms with van der Waals surface area (Å²) in [7, 11) is -4.52. The van der Waals surface area contributed by atoms with E-state index in [1.54, 1.807) is 24.3 Å². The Balaban J connectivity index is 1.73. The zero-order valence-electron chi connectivity index (χ0n) is 22.4. The van der Waals surface area contributed by atoms with Gasteiger partial charge in [0.25, 0.3) is 0 Å². The fraction of sp³-hybridized carbons (Fsp3) is 0.214. The van der Waals surface area contributed by atoms with Crippen molar-refractivity contribution in [3.8, 4) is 23.0 Å². The maximum absolute atomic E-state index is 11.5. The van der Waals surface area contributed by atoms with E-state index in [-0.39, 0.29) is 36.6 Å². The Morgan fingerprint density at radius 1 is 0.525 bits per heavy atom. The van der Waals surface area contributed by atoms with Gasteiger partial charge in [0, 0.05) is 14.2 Å². The van der Waals surface area contributed by atoms with Crippen LogP contribution in [0.5, 0.6) is 23.0 Å². The van der Waals surface area contributed by atoms with Crippen LogP contribution in [0.1, 0.15) is 22.3 Å². The standard InChI is InChI=1S/C28H30O10S2/c1-33-19-35-27-17-23(13-15-25(27)37-39(3,29)30)11-9-21-5-7-22(8-6-21)10-12-24-14-16-26(38-40(4,31)32)28(18-24)36-20-34-2/h5-18H,19-20H2,1-4H3/b11-9+,12-10+. The first kappa shape index (κ1) is 30.7. The molecule has 3 rings (SSSR count). The molecule has 0 fully saturated rings. The van der Waals surface area contributed by atoms with Crippen LogP contribution in [-0.4, -0.2) is 57.2 Å². The van der Waals surface area contributed by atoms with Crippen LogP contribution in [-0.2, 0) is 29.7 Å². The van der Waals surface area contributed by atoms with E-state index in [4.69, 9.17) is 27.3 Å². The zero-order valence-corrected chi connectivity index (χ0v) is 24.0. The lowest BCUT2D eigenvalue weighted by Crippen LogP contribution is -2.08. The first-order valence-electron chi connectivity index (χ1n) is 11.7. The minimum Gasteiger partial charge on any atom is -0.464 e.